The van der Waals surface area contributed by atoms with Gasteiger partial charge in [0.2, 0.25) is 0 Å². The minimum absolute atomic E-state index is 0.892. The zero-order valence-electron chi connectivity index (χ0n) is 79.4. The molecule has 0 atom stereocenters. The van der Waals surface area contributed by atoms with Crippen molar-refractivity contribution in [3.05, 3.63) is 516 Å². The van der Waals surface area contributed by atoms with Crippen molar-refractivity contribution in [2.45, 2.75) is 0 Å². The number of hydrogen-bond acceptors (Lipinski definition) is 4. The van der Waals surface area contributed by atoms with Crippen LogP contribution in [0.2, 0.25) is 0 Å². The summed E-state index contributed by atoms with van der Waals surface area (Å²) in [5.41, 5.74) is 35.5. The largest absolute Gasteiger partial charge is 0.455 e. The van der Waals surface area contributed by atoms with Crippen LogP contribution in [0.4, 0.5) is 0 Å². The molecule has 9 heterocycles. The average Bonchev–Trinajstić information content (AvgIpc) is 1.54. The van der Waals surface area contributed by atoms with E-state index < -0.39 is 0 Å². The van der Waals surface area contributed by atoms with Crippen LogP contribution in [0.15, 0.2) is 524 Å². The molecule has 9 heteroatoms. The molecule has 686 valence electrons. The molecule has 7 nitrogen and oxygen atoms in total. The lowest BCUT2D eigenvalue weighted by molar-refractivity contribution is 0.670. The van der Waals surface area contributed by atoms with Crippen LogP contribution in [0.5, 0.6) is 0 Å². The summed E-state index contributed by atoms with van der Waals surface area (Å²) < 4.78 is 30.8. The van der Waals surface area contributed by atoms with E-state index in [1.807, 2.05) is 46.9 Å². The molecular formula is C138H85N5O2S2. The summed E-state index contributed by atoms with van der Waals surface area (Å²) in [6, 6.07) is 187. The molecule has 0 saturated carbocycles. The number of thiophene rings is 2. The highest BCUT2D eigenvalue weighted by atomic mass is 32.1. The van der Waals surface area contributed by atoms with E-state index in [1.54, 1.807) is 0 Å². The van der Waals surface area contributed by atoms with Gasteiger partial charge in [0.05, 0.1) is 55.2 Å². The highest BCUT2D eigenvalue weighted by Crippen LogP contribution is 2.54. The second-order valence-electron chi connectivity index (χ2n) is 38.2. The standard InChI is InChI=1S/C54H35N3.C42H25NO2.C42H25NS2/c1-4-18-37(19-5-1)55-49-31-13-10-24-41(49)44-28-16-27-40(52(44)55)36-34-47-43-26-12-15-33-51(43)57(39-22-8-3-9-23-39)54(47)48(35-36)46-30-17-29-45-42-25-11-14-32-50(42)56(53(45)46)38-20-6-2-7-21-38;2*1-2-12-27(13-3-1)43-37-21-7-4-14-29(37)35-24-26(28-17-10-18-32-30-15-5-8-22-38(30)44-41(28)32)25-36(40(35)43)34-20-11-19-33-31-16-6-9-23-39(31)45-42(33)34/h1-35H;2*1-25H. The molecule has 32 rings (SSSR count). The van der Waals surface area contributed by atoms with Crippen LogP contribution < -0.4 is 0 Å². The van der Waals surface area contributed by atoms with Crippen LogP contribution in [0.1, 0.15) is 0 Å². The Morgan fingerprint density at radius 3 is 0.789 bits per heavy atom. The minimum Gasteiger partial charge on any atom is -0.455 e. The van der Waals surface area contributed by atoms with Crippen LogP contribution in [-0.4, -0.2) is 22.8 Å². The third-order valence-electron chi connectivity index (χ3n) is 30.2. The van der Waals surface area contributed by atoms with E-state index in [0.29, 0.717) is 0 Å². The molecule has 0 aliphatic rings. The van der Waals surface area contributed by atoms with E-state index in [2.05, 4.69) is 514 Å². The van der Waals surface area contributed by atoms with Crippen molar-refractivity contribution in [1.29, 1.82) is 0 Å². The third kappa shape index (κ3) is 13.2. The maximum absolute atomic E-state index is 6.63. The topological polar surface area (TPSA) is 50.9 Å². The highest BCUT2D eigenvalue weighted by molar-refractivity contribution is 7.26. The normalized spacial score (nSPS) is 11.9. The molecule has 0 bridgehead atoms. The van der Waals surface area contributed by atoms with Crippen molar-refractivity contribution < 1.29 is 8.83 Å². The Kier molecular flexibility index (Phi) is 19.3. The smallest absolute Gasteiger partial charge is 0.143 e. The quantitative estimate of drug-likeness (QED) is 0.130. The van der Waals surface area contributed by atoms with Crippen LogP contribution in [0.25, 0.3) is 288 Å². The first kappa shape index (κ1) is 83.8. The summed E-state index contributed by atoms with van der Waals surface area (Å²) in [6.45, 7) is 0. The van der Waals surface area contributed by atoms with Crippen LogP contribution in [0, 0.1) is 0 Å². The van der Waals surface area contributed by atoms with E-state index in [0.717, 1.165) is 99.9 Å². The van der Waals surface area contributed by atoms with E-state index in [9.17, 15) is 0 Å². The van der Waals surface area contributed by atoms with Gasteiger partial charge in [0.15, 0.2) is 0 Å². The van der Waals surface area contributed by atoms with Crippen molar-refractivity contribution in [3.8, 4) is 95.2 Å². The van der Waals surface area contributed by atoms with Gasteiger partial charge in [-0.05, 0) is 174 Å². The summed E-state index contributed by atoms with van der Waals surface area (Å²) in [6.07, 6.45) is 0. The van der Waals surface area contributed by atoms with Crippen molar-refractivity contribution >= 4 is 216 Å². The van der Waals surface area contributed by atoms with Gasteiger partial charge in [0.1, 0.15) is 22.3 Å². The highest BCUT2D eigenvalue weighted by Gasteiger charge is 2.30. The molecule has 0 N–H and O–H groups in total. The minimum atomic E-state index is 0.892. The van der Waals surface area contributed by atoms with E-state index in [4.69, 9.17) is 8.83 Å². The summed E-state index contributed by atoms with van der Waals surface area (Å²) in [5, 5.41) is 22.1. The zero-order valence-corrected chi connectivity index (χ0v) is 81.1. The Morgan fingerprint density at radius 2 is 0.388 bits per heavy atom. The van der Waals surface area contributed by atoms with Crippen molar-refractivity contribution in [2.75, 3.05) is 0 Å². The van der Waals surface area contributed by atoms with Gasteiger partial charge in [-0.2, -0.15) is 0 Å². The second-order valence-corrected chi connectivity index (χ2v) is 40.3. The maximum Gasteiger partial charge on any atom is 0.143 e. The molecule has 147 heavy (non-hydrogen) atoms. The van der Waals surface area contributed by atoms with Gasteiger partial charge >= 0.3 is 0 Å². The summed E-state index contributed by atoms with van der Waals surface area (Å²) >= 11 is 3.80. The predicted octanol–water partition coefficient (Wildman–Crippen LogP) is 39.1. The molecule has 0 unspecified atom stereocenters. The predicted molar refractivity (Wildman–Crippen MR) is 624 cm³/mol. The molecule has 32 aromatic rings. The van der Waals surface area contributed by atoms with Crippen molar-refractivity contribution in [2.24, 2.45) is 0 Å². The summed E-state index contributed by atoms with van der Waals surface area (Å²) in [5.74, 6) is 0. The first-order valence-corrected chi connectivity index (χ1v) is 51.8. The van der Waals surface area contributed by atoms with Crippen LogP contribution >= 0.6 is 22.7 Å². The molecule has 9 aromatic heterocycles. The van der Waals surface area contributed by atoms with Crippen LogP contribution in [0.3, 0.4) is 0 Å². The van der Waals surface area contributed by atoms with Gasteiger partial charge < -0.3 is 31.7 Å². The lowest BCUT2D eigenvalue weighted by atomic mass is 9.93. The Bertz CT molecular complexity index is 10600. The van der Waals surface area contributed by atoms with E-state index in [-0.39, 0.29) is 0 Å². The number of para-hydroxylation sites is 16. The number of furan rings is 2. The number of nitrogens with zero attached hydrogens (tertiary/aromatic N) is 5. The van der Waals surface area contributed by atoms with Gasteiger partial charge in [0, 0.05) is 189 Å². The summed E-state index contributed by atoms with van der Waals surface area (Å²) in [7, 11) is 0. The maximum atomic E-state index is 6.63. The summed E-state index contributed by atoms with van der Waals surface area (Å²) in [4.78, 5) is 0. The molecular weight excluding hydrogens is 1820 g/mol. The molecule has 0 fully saturated rings. The Morgan fingerprint density at radius 1 is 0.143 bits per heavy atom. The Labute approximate surface area is 851 Å². The Balaban J connectivity index is 0.000000103. The first-order chi connectivity index (χ1) is 73.0. The molecule has 0 spiro atoms. The van der Waals surface area contributed by atoms with Crippen molar-refractivity contribution in [1.82, 2.24) is 22.8 Å². The van der Waals surface area contributed by atoms with E-state index in [1.165, 1.54) is 189 Å². The van der Waals surface area contributed by atoms with Gasteiger partial charge in [-0.15, -0.1) is 22.7 Å². The van der Waals surface area contributed by atoms with Gasteiger partial charge in [0.25, 0.3) is 0 Å². The number of aromatic nitrogens is 5. The van der Waals surface area contributed by atoms with E-state index >= 15 is 0 Å². The molecule has 23 aromatic carbocycles. The molecule has 0 amide bonds. The monoisotopic (exact) mass is 1910 g/mol. The SMILES string of the molecule is c1ccc(-n2c3ccccc3c3cc(-c4cccc5c4oc4ccccc45)cc(-c4cccc5c4oc4ccccc45)c32)cc1.c1ccc(-n2c3ccccc3c3cc(-c4cccc5c4sc4ccccc45)cc(-c4cccc5c4sc4ccccc45)c32)cc1.c1ccc(-n2c3ccccc3c3cccc(-c4cc(-c5cccc6c7ccccc7n(-c7ccccc7)c56)c5c(c4)c4ccccc4n5-c4ccccc4)c32)cc1. The lowest BCUT2D eigenvalue weighted by Crippen LogP contribution is -1.99. The second kappa shape index (κ2) is 33.9. The number of hydrogen-bond donors (Lipinski definition) is 0. The fourth-order valence-electron chi connectivity index (χ4n) is 24.0. The van der Waals surface area contributed by atoms with Crippen LogP contribution in [-0.2, 0) is 0 Å². The fraction of sp³-hybridized carbons (Fsp3) is 0. The van der Waals surface area contributed by atoms with Gasteiger partial charge in [-0.25, -0.2) is 0 Å². The molecule has 0 saturated heterocycles. The van der Waals surface area contributed by atoms with Gasteiger partial charge in [-0.3, -0.25) is 0 Å². The third-order valence-corrected chi connectivity index (χ3v) is 32.6. The molecule has 0 radical (unpaired) electrons. The first-order valence-electron chi connectivity index (χ1n) is 50.2. The fourth-order valence-corrected chi connectivity index (χ4v) is 26.4. The zero-order chi connectivity index (χ0) is 96.4. The number of benzene rings is 23. The average molecular weight is 1910 g/mol. The number of fused-ring (bicyclic) bond motifs is 27. The lowest BCUT2D eigenvalue weighted by Gasteiger charge is -2.17. The van der Waals surface area contributed by atoms with Gasteiger partial charge in [-0.1, -0.05) is 364 Å². The van der Waals surface area contributed by atoms with Crippen molar-refractivity contribution in [3.63, 3.8) is 0 Å². The number of rotatable bonds is 11. The molecule has 0 aliphatic heterocycles. The Hall–Kier alpha value is -18.9. The molecule has 0 aliphatic carbocycles.